The smallest absolute Gasteiger partial charge is 0.253 e. The van der Waals surface area contributed by atoms with Crippen LogP contribution in [-0.4, -0.2) is 62.7 Å². The molecule has 0 atom stereocenters. The topological polar surface area (TPSA) is 42.0 Å². The number of ether oxygens (including phenoxy) is 2. The van der Waals surface area contributed by atoms with Gasteiger partial charge in [-0.05, 0) is 42.9 Å². The molecule has 0 spiro atoms. The first-order valence-electron chi connectivity index (χ1n) is 9.35. The Kier molecular flexibility index (Phi) is 5.29. The van der Waals surface area contributed by atoms with E-state index in [4.69, 9.17) is 21.1 Å². The van der Waals surface area contributed by atoms with E-state index in [1.165, 1.54) is 0 Å². The molecule has 0 unspecified atom stereocenters. The summed E-state index contributed by atoms with van der Waals surface area (Å²) in [5, 5.41) is 0.661. The number of benzene rings is 2. The van der Waals surface area contributed by atoms with Crippen LogP contribution in [0.25, 0.3) is 5.57 Å². The van der Waals surface area contributed by atoms with Crippen LogP contribution in [-0.2, 0) is 4.79 Å². The molecule has 0 radical (unpaired) electrons. The SMILES string of the molecule is COc1ccc2c(c1)C(c1ccc(Cl)cc1)=C(C(=O)N1CCN(C)CC1)CO2. The van der Waals surface area contributed by atoms with Crippen LogP contribution < -0.4 is 9.47 Å². The van der Waals surface area contributed by atoms with Crippen molar-refractivity contribution in [2.75, 3.05) is 46.9 Å². The number of likely N-dealkylation sites (N-methyl/N-ethyl adjacent to an activating group) is 1. The van der Waals surface area contributed by atoms with E-state index in [0.29, 0.717) is 10.6 Å². The fraction of sp³-hybridized carbons (Fsp3) is 0.318. The number of hydrogen-bond acceptors (Lipinski definition) is 4. The summed E-state index contributed by atoms with van der Waals surface area (Å²) in [4.78, 5) is 17.5. The van der Waals surface area contributed by atoms with Gasteiger partial charge in [0.15, 0.2) is 0 Å². The van der Waals surface area contributed by atoms with Gasteiger partial charge in [0, 0.05) is 42.3 Å². The van der Waals surface area contributed by atoms with Crippen LogP contribution in [0.4, 0.5) is 0 Å². The molecule has 2 aromatic rings. The highest BCUT2D eigenvalue weighted by Gasteiger charge is 2.30. The molecule has 0 aliphatic carbocycles. The van der Waals surface area contributed by atoms with Crippen LogP contribution in [0.1, 0.15) is 11.1 Å². The zero-order chi connectivity index (χ0) is 19.7. The number of fused-ring (bicyclic) bond motifs is 1. The Hall–Kier alpha value is -2.50. The van der Waals surface area contributed by atoms with Crippen molar-refractivity contribution in [1.82, 2.24) is 9.80 Å². The minimum Gasteiger partial charge on any atom is -0.497 e. The van der Waals surface area contributed by atoms with E-state index in [9.17, 15) is 4.79 Å². The zero-order valence-corrected chi connectivity index (χ0v) is 16.8. The van der Waals surface area contributed by atoms with Gasteiger partial charge >= 0.3 is 0 Å². The van der Waals surface area contributed by atoms with Gasteiger partial charge in [-0.15, -0.1) is 0 Å². The van der Waals surface area contributed by atoms with Gasteiger partial charge in [-0.2, -0.15) is 0 Å². The second kappa shape index (κ2) is 7.86. The van der Waals surface area contributed by atoms with Gasteiger partial charge in [0.05, 0.1) is 12.7 Å². The molecule has 0 bridgehead atoms. The van der Waals surface area contributed by atoms with Crippen LogP contribution in [0.5, 0.6) is 11.5 Å². The molecule has 1 fully saturated rings. The molecular formula is C22H23ClN2O3. The van der Waals surface area contributed by atoms with Crippen molar-refractivity contribution in [2.45, 2.75) is 0 Å². The molecule has 4 rings (SSSR count). The molecule has 2 aliphatic rings. The number of carbonyl (C=O) groups is 1. The standard InChI is InChI=1S/C22H23ClN2O3/c1-24-9-11-25(12-10-24)22(26)19-14-28-20-8-7-17(27-2)13-18(20)21(19)15-3-5-16(23)6-4-15/h3-8,13H,9-12,14H2,1-2H3. The number of halogens is 1. The van der Waals surface area contributed by atoms with Gasteiger partial charge in [-0.25, -0.2) is 0 Å². The summed E-state index contributed by atoms with van der Waals surface area (Å²) in [7, 11) is 3.71. The number of hydrogen-bond donors (Lipinski definition) is 0. The van der Waals surface area contributed by atoms with E-state index in [2.05, 4.69) is 11.9 Å². The second-order valence-electron chi connectivity index (χ2n) is 7.11. The molecule has 2 heterocycles. The molecule has 0 aromatic heterocycles. The van der Waals surface area contributed by atoms with Gasteiger partial charge in [-0.3, -0.25) is 4.79 Å². The summed E-state index contributed by atoms with van der Waals surface area (Å²) >= 11 is 6.09. The molecule has 6 heteroatoms. The summed E-state index contributed by atoms with van der Waals surface area (Å²) in [6, 6.07) is 13.3. The molecule has 2 aliphatic heterocycles. The second-order valence-corrected chi connectivity index (χ2v) is 7.54. The van der Waals surface area contributed by atoms with Crippen LogP contribution in [0.15, 0.2) is 48.0 Å². The number of piperazine rings is 1. The van der Waals surface area contributed by atoms with Crippen molar-refractivity contribution >= 4 is 23.1 Å². The lowest BCUT2D eigenvalue weighted by atomic mass is 9.90. The molecule has 1 saturated heterocycles. The van der Waals surface area contributed by atoms with Gasteiger partial charge in [0.1, 0.15) is 18.1 Å². The Morgan fingerprint density at radius 1 is 1.07 bits per heavy atom. The lowest BCUT2D eigenvalue weighted by molar-refractivity contribution is -0.129. The monoisotopic (exact) mass is 398 g/mol. The van der Waals surface area contributed by atoms with Crippen molar-refractivity contribution in [3.05, 3.63) is 64.2 Å². The van der Waals surface area contributed by atoms with Crippen molar-refractivity contribution in [2.24, 2.45) is 0 Å². The fourth-order valence-corrected chi connectivity index (χ4v) is 3.78. The maximum absolute atomic E-state index is 13.4. The maximum Gasteiger partial charge on any atom is 0.253 e. The summed E-state index contributed by atoms with van der Waals surface area (Å²) < 4.78 is 11.4. The minimum absolute atomic E-state index is 0.0338. The Labute approximate surface area is 170 Å². The molecule has 1 amide bonds. The first-order valence-corrected chi connectivity index (χ1v) is 9.72. The third-order valence-electron chi connectivity index (χ3n) is 5.31. The van der Waals surface area contributed by atoms with Crippen molar-refractivity contribution in [3.8, 4) is 11.5 Å². The molecule has 5 nitrogen and oxygen atoms in total. The van der Waals surface area contributed by atoms with Crippen molar-refractivity contribution < 1.29 is 14.3 Å². The first-order chi connectivity index (χ1) is 13.6. The van der Waals surface area contributed by atoms with Gasteiger partial charge in [0.25, 0.3) is 5.91 Å². The van der Waals surface area contributed by atoms with Crippen LogP contribution in [0.3, 0.4) is 0 Å². The Balaban J connectivity index is 1.82. The number of rotatable bonds is 3. The predicted octanol–water partition coefficient (Wildman–Crippen LogP) is 3.32. The largest absolute Gasteiger partial charge is 0.497 e. The van der Waals surface area contributed by atoms with E-state index < -0.39 is 0 Å². The Bertz CT molecular complexity index is 916. The van der Waals surface area contributed by atoms with Gasteiger partial charge < -0.3 is 19.3 Å². The summed E-state index contributed by atoms with van der Waals surface area (Å²) in [6.45, 7) is 3.44. The summed E-state index contributed by atoms with van der Waals surface area (Å²) in [6.07, 6.45) is 0. The average molecular weight is 399 g/mol. The minimum atomic E-state index is 0.0338. The van der Waals surface area contributed by atoms with E-state index >= 15 is 0 Å². The third-order valence-corrected chi connectivity index (χ3v) is 5.56. The molecule has 2 aromatic carbocycles. The quantitative estimate of drug-likeness (QED) is 0.795. The van der Waals surface area contributed by atoms with Crippen molar-refractivity contribution in [1.29, 1.82) is 0 Å². The average Bonchev–Trinajstić information content (AvgIpc) is 2.73. The summed E-state index contributed by atoms with van der Waals surface area (Å²) in [5.41, 5.74) is 3.37. The van der Waals surface area contributed by atoms with Crippen LogP contribution in [0.2, 0.25) is 5.02 Å². The number of methoxy groups -OCH3 is 1. The highest BCUT2D eigenvalue weighted by molar-refractivity contribution is 6.30. The molecule has 0 N–H and O–H groups in total. The first kappa shape index (κ1) is 18.8. The maximum atomic E-state index is 13.4. The van der Waals surface area contributed by atoms with Crippen LogP contribution >= 0.6 is 11.6 Å². The van der Waals surface area contributed by atoms with E-state index in [1.54, 1.807) is 7.11 Å². The molecular weight excluding hydrogens is 376 g/mol. The summed E-state index contributed by atoms with van der Waals surface area (Å²) in [5.74, 6) is 1.51. The van der Waals surface area contributed by atoms with Gasteiger partial charge in [-0.1, -0.05) is 23.7 Å². The van der Waals surface area contributed by atoms with Gasteiger partial charge in [0.2, 0.25) is 0 Å². The van der Waals surface area contributed by atoms with Crippen LogP contribution in [0, 0.1) is 0 Å². The van der Waals surface area contributed by atoms with E-state index in [-0.39, 0.29) is 12.5 Å². The predicted molar refractivity (Wildman–Crippen MR) is 110 cm³/mol. The molecule has 146 valence electrons. The van der Waals surface area contributed by atoms with E-state index in [0.717, 1.165) is 54.4 Å². The molecule has 0 saturated carbocycles. The van der Waals surface area contributed by atoms with Crippen molar-refractivity contribution in [3.63, 3.8) is 0 Å². The fourth-order valence-electron chi connectivity index (χ4n) is 3.66. The lowest BCUT2D eigenvalue weighted by Gasteiger charge is -2.34. The lowest BCUT2D eigenvalue weighted by Crippen LogP contribution is -2.48. The number of amides is 1. The number of carbonyl (C=O) groups excluding carboxylic acids is 1. The van der Waals surface area contributed by atoms with E-state index in [1.807, 2.05) is 47.4 Å². The highest BCUT2D eigenvalue weighted by atomic mass is 35.5. The number of nitrogens with zero attached hydrogens (tertiary/aromatic N) is 2. The third kappa shape index (κ3) is 3.60. The highest BCUT2D eigenvalue weighted by Crippen LogP contribution is 2.40. The molecule has 28 heavy (non-hydrogen) atoms. The Morgan fingerprint density at radius 3 is 2.46 bits per heavy atom. The zero-order valence-electron chi connectivity index (χ0n) is 16.1. The normalized spacial score (nSPS) is 17.2. The Morgan fingerprint density at radius 2 is 1.79 bits per heavy atom.